The van der Waals surface area contributed by atoms with Gasteiger partial charge in [0.15, 0.2) is 0 Å². The molecule has 10 nitrogen and oxygen atoms in total. The highest BCUT2D eigenvalue weighted by Gasteiger charge is 2.48. The van der Waals surface area contributed by atoms with Crippen LogP contribution < -0.4 is 32.3 Å². The summed E-state index contributed by atoms with van der Waals surface area (Å²) in [6.07, 6.45) is -5.26. The lowest BCUT2D eigenvalue weighted by Crippen LogP contribution is -2.65. The van der Waals surface area contributed by atoms with Crippen LogP contribution in [-0.2, 0) is 4.74 Å². The number of fused-ring (bicyclic) bond motifs is 1. The van der Waals surface area contributed by atoms with Crippen LogP contribution in [0.1, 0.15) is 0 Å². The van der Waals surface area contributed by atoms with Crippen LogP contribution >= 0.6 is 11.8 Å². The molecule has 0 saturated carbocycles. The van der Waals surface area contributed by atoms with Gasteiger partial charge in [0, 0.05) is 57.6 Å². The molecule has 14 heteroatoms. The molecule has 5 aliphatic heterocycles. The fourth-order valence-electron chi connectivity index (χ4n) is 4.58. The lowest BCUT2D eigenvalue weighted by Gasteiger charge is -2.42. The van der Waals surface area contributed by atoms with Crippen LogP contribution in [0.25, 0.3) is 0 Å². The van der Waals surface area contributed by atoms with E-state index in [0.29, 0.717) is 26.3 Å². The Bertz CT molecular complexity index is 824. The van der Waals surface area contributed by atoms with Gasteiger partial charge in [0.05, 0.1) is 23.2 Å². The molecule has 0 radical (unpaired) electrons. The van der Waals surface area contributed by atoms with Crippen molar-refractivity contribution in [2.45, 2.75) is 30.8 Å². The van der Waals surface area contributed by atoms with E-state index in [0.717, 1.165) is 48.5 Å². The molecule has 0 amide bonds. The monoisotopic (exact) mass is 489 g/mol. The molecule has 0 aliphatic carbocycles. The molecule has 5 rings (SSSR count). The zero-order valence-corrected chi connectivity index (χ0v) is 18.9. The number of morpholine rings is 1. The Labute approximate surface area is 194 Å². The summed E-state index contributed by atoms with van der Waals surface area (Å²) in [6, 6.07) is -1.87. The van der Waals surface area contributed by atoms with E-state index in [9.17, 15) is 13.2 Å². The highest BCUT2D eigenvalue weighted by Crippen LogP contribution is 2.38. The van der Waals surface area contributed by atoms with Gasteiger partial charge in [0.25, 0.3) is 0 Å². The predicted molar refractivity (Wildman–Crippen MR) is 120 cm³/mol. The number of ether oxygens (including phenoxy) is 1. The molecule has 0 spiro atoms. The number of halogens is 3. The molecule has 2 fully saturated rings. The van der Waals surface area contributed by atoms with E-state index >= 15 is 0 Å². The molecule has 33 heavy (non-hydrogen) atoms. The van der Waals surface area contributed by atoms with Crippen molar-refractivity contribution < 1.29 is 17.9 Å². The van der Waals surface area contributed by atoms with Gasteiger partial charge in [-0.3, -0.25) is 26.3 Å². The van der Waals surface area contributed by atoms with Crippen LogP contribution in [0.5, 0.6) is 0 Å². The topological polar surface area (TPSA) is 114 Å². The Kier molecular flexibility index (Phi) is 6.75. The van der Waals surface area contributed by atoms with Gasteiger partial charge in [0.2, 0.25) is 0 Å². The number of nitrogens with one attached hydrogen (secondary N) is 5. The van der Waals surface area contributed by atoms with Crippen LogP contribution in [0.2, 0.25) is 0 Å². The van der Waals surface area contributed by atoms with Gasteiger partial charge in [-0.1, -0.05) is 11.8 Å². The highest BCUT2D eigenvalue weighted by atomic mass is 32.2. The summed E-state index contributed by atoms with van der Waals surface area (Å²) in [6.45, 7) is 7.01. The Balaban J connectivity index is 1.41. The maximum atomic E-state index is 13.8. The van der Waals surface area contributed by atoms with Crippen LogP contribution in [0.4, 0.5) is 13.2 Å². The van der Waals surface area contributed by atoms with Crippen molar-refractivity contribution >= 4 is 16.8 Å². The lowest BCUT2D eigenvalue weighted by molar-refractivity contribution is -0.152. The van der Waals surface area contributed by atoms with Crippen LogP contribution in [0, 0.1) is 0 Å². The Morgan fingerprint density at radius 2 is 1.91 bits per heavy atom. The molecular weight excluding hydrogens is 459 g/mol. The molecule has 0 bridgehead atoms. The van der Waals surface area contributed by atoms with E-state index in [2.05, 4.69) is 36.4 Å². The summed E-state index contributed by atoms with van der Waals surface area (Å²) < 4.78 is 47.0. The van der Waals surface area contributed by atoms with Gasteiger partial charge in [0.1, 0.15) is 30.5 Å². The Hall–Kier alpha value is -1.55. The second kappa shape index (κ2) is 9.60. The van der Waals surface area contributed by atoms with Gasteiger partial charge >= 0.3 is 6.18 Å². The summed E-state index contributed by atoms with van der Waals surface area (Å²) in [4.78, 5) is 10.4. The number of hydrogen-bond donors (Lipinski definition) is 6. The van der Waals surface area contributed by atoms with Crippen molar-refractivity contribution in [1.29, 1.82) is 0 Å². The number of rotatable bonds is 4. The van der Waals surface area contributed by atoms with Crippen LogP contribution in [0.3, 0.4) is 0 Å². The summed E-state index contributed by atoms with van der Waals surface area (Å²) in [5.41, 5.74) is 5.78. The van der Waals surface area contributed by atoms with E-state index in [-0.39, 0.29) is 5.57 Å². The average molecular weight is 490 g/mol. The number of aliphatic imine (C=N–C) groups is 1. The zero-order chi connectivity index (χ0) is 23.0. The number of nitrogens with zero attached hydrogens (tertiary/aromatic N) is 3. The zero-order valence-electron chi connectivity index (χ0n) is 18.1. The van der Waals surface area contributed by atoms with Crippen molar-refractivity contribution in [3.05, 3.63) is 22.5 Å². The second-order valence-electron chi connectivity index (χ2n) is 8.54. The first-order chi connectivity index (χ1) is 15.9. The number of alkyl halides is 3. The van der Waals surface area contributed by atoms with Crippen LogP contribution in [0.15, 0.2) is 27.5 Å². The normalized spacial score (nSPS) is 33.8. The van der Waals surface area contributed by atoms with Crippen molar-refractivity contribution in [3.8, 4) is 0 Å². The first kappa shape index (κ1) is 23.2. The molecule has 0 aromatic heterocycles. The van der Waals surface area contributed by atoms with Gasteiger partial charge in [-0.25, -0.2) is 0 Å². The molecular formula is C19H30F3N9OS. The SMILES string of the molecule is NC1NC=C(C2NC(N3CCOCC3)=C3SC(CN4CCNCC4)=NC3N2)C(C(F)(F)F)N1. The van der Waals surface area contributed by atoms with Crippen molar-refractivity contribution in [2.24, 2.45) is 10.7 Å². The highest BCUT2D eigenvalue weighted by molar-refractivity contribution is 8.17. The van der Waals surface area contributed by atoms with E-state index < -0.39 is 30.8 Å². The molecule has 4 atom stereocenters. The summed E-state index contributed by atoms with van der Waals surface area (Å²) in [5.74, 6) is 0.827. The van der Waals surface area contributed by atoms with Crippen molar-refractivity contribution in [1.82, 2.24) is 36.4 Å². The average Bonchev–Trinajstić information content (AvgIpc) is 3.21. The molecule has 0 aromatic rings. The largest absolute Gasteiger partial charge is 0.407 e. The molecule has 5 heterocycles. The van der Waals surface area contributed by atoms with Gasteiger partial charge < -0.3 is 25.6 Å². The standard InChI is InChI=1S/C19H30F3N9OS/c20-19(21,22)14-11(9-25-18(23)27-14)15-28-16-13(17(29-15)31-5-7-32-8-6-31)33-12(26-16)10-30-3-1-24-2-4-30/h9,14-16,18,24-25,27-29H,1-8,10,23H2. The second-order valence-corrected chi connectivity index (χ2v) is 9.66. The Morgan fingerprint density at radius 1 is 1.15 bits per heavy atom. The first-order valence-corrected chi connectivity index (χ1v) is 12.0. The van der Waals surface area contributed by atoms with Gasteiger partial charge in [-0.15, -0.1) is 0 Å². The number of nitrogens with two attached hydrogens (primary N) is 1. The molecule has 5 aliphatic rings. The maximum Gasteiger partial charge on any atom is 0.407 e. The molecule has 4 unspecified atom stereocenters. The fraction of sp³-hybridized carbons (Fsp3) is 0.737. The molecule has 0 aromatic carbocycles. The molecule has 184 valence electrons. The number of piperazine rings is 1. The van der Waals surface area contributed by atoms with Crippen molar-refractivity contribution in [3.63, 3.8) is 0 Å². The van der Waals surface area contributed by atoms with Crippen LogP contribution in [-0.4, -0.2) is 105 Å². The minimum atomic E-state index is -4.49. The number of thioether (sulfide) groups is 1. The minimum absolute atomic E-state index is 0.102. The van der Waals surface area contributed by atoms with Gasteiger partial charge in [-0.2, -0.15) is 13.2 Å². The van der Waals surface area contributed by atoms with E-state index in [1.54, 1.807) is 11.8 Å². The summed E-state index contributed by atoms with van der Waals surface area (Å²) in [7, 11) is 0. The predicted octanol–water partition coefficient (Wildman–Crippen LogP) is -1.37. The summed E-state index contributed by atoms with van der Waals surface area (Å²) in [5, 5.41) is 16.1. The third-order valence-electron chi connectivity index (χ3n) is 6.25. The smallest absolute Gasteiger partial charge is 0.378 e. The third kappa shape index (κ3) is 5.11. The van der Waals surface area contributed by atoms with E-state index in [1.165, 1.54) is 6.20 Å². The fourth-order valence-corrected chi connectivity index (χ4v) is 5.76. The third-order valence-corrected chi connectivity index (χ3v) is 7.36. The molecule has 2 saturated heterocycles. The lowest BCUT2D eigenvalue weighted by atomic mass is 10.0. The quantitative estimate of drug-likeness (QED) is 0.283. The van der Waals surface area contributed by atoms with Gasteiger partial charge in [-0.05, 0) is 0 Å². The van der Waals surface area contributed by atoms with E-state index in [1.807, 2.05) is 0 Å². The minimum Gasteiger partial charge on any atom is -0.378 e. The van der Waals surface area contributed by atoms with Crippen molar-refractivity contribution in [2.75, 3.05) is 59.0 Å². The van der Waals surface area contributed by atoms with E-state index in [4.69, 9.17) is 15.5 Å². The number of hydrogen-bond acceptors (Lipinski definition) is 11. The molecule has 7 N–H and O–H groups in total. The Morgan fingerprint density at radius 3 is 2.64 bits per heavy atom. The first-order valence-electron chi connectivity index (χ1n) is 11.2. The maximum absolute atomic E-state index is 13.8. The summed E-state index contributed by atoms with van der Waals surface area (Å²) >= 11 is 1.61.